The molecular formula is C23H21Cl2NO2. The van der Waals surface area contributed by atoms with Crippen molar-refractivity contribution < 1.29 is 9.59 Å². The molecule has 2 aromatic rings. The van der Waals surface area contributed by atoms with Crippen molar-refractivity contribution in [1.29, 1.82) is 0 Å². The second-order valence-corrected chi connectivity index (χ2v) is 8.29. The summed E-state index contributed by atoms with van der Waals surface area (Å²) in [7, 11) is 0. The van der Waals surface area contributed by atoms with Crippen LogP contribution in [0.3, 0.4) is 0 Å². The number of allylic oxidation sites excluding steroid dienone is 2. The maximum Gasteiger partial charge on any atom is 0.232 e. The average Bonchev–Trinajstić information content (AvgIpc) is 2.65. The summed E-state index contributed by atoms with van der Waals surface area (Å²) in [5.74, 6) is -0.250. The Morgan fingerprint density at radius 3 is 2.36 bits per heavy atom. The first-order chi connectivity index (χ1) is 13.4. The number of halogens is 2. The Hall–Kier alpha value is -2.10. The fourth-order valence-electron chi connectivity index (χ4n) is 4.47. The number of benzene rings is 2. The molecule has 5 heteroatoms. The summed E-state index contributed by atoms with van der Waals surface area (Å²) in [6.45, 7) is 4.00. The summed E-state index contributed by atoms with van der Waals surface area (Å²) >= 11 is 12.7. The van der Waals surface area contributed by atoms with E-state index in [1.165, 1.54) is 0 Å². The van der Waals surface area contributed by atoms with Gasteiger partial charge in [0.15, 0.2) is 5.78 Å². The van der Waals surface area contributed by atoms with Crippen molar-refractivity contribution in [3.63, 3.8) is 0 Å². The van der Waals surface area contributed by atoms with E-state index in [-0.39, 0.29) is 24.0 Å². The van der Waals surface area contributed by atoms with Gasteiger partial charge in [-0.1, -0.05) is 53.5 Å². The Bertz CT molecular complexity index is 1010. The van der Waals surface area contributed by atoms with Gasteiger partial charge in [-0.2, -0.15) is 0 Å². The number of rotatable bonds is 2. The maximum absolute atomic E-state index is 13.3. The predicted molar refractivity (Wildman–Crippen MR) is 113 cm³/mol. The number of amides is 1. The number of nitrogens with zero attached hydrogens (tertiary/aromatic N) is 1. The van der Waals surface area contributed by atoms with E-state index in [0.29, 0.717) is 22.9 Å². The minimum atomic E-state index is -0.345. The lowest BCUT2D eigenvalue weighted by Gasteiger charge is -2.39. The molecule has 1 atom stereocenters. The van der Waals surface area contributed by atoms with E-state index in [9.17, 15) is 9.59 Å². The Kier molecular flexibility index (Phi) is 5.07. The van der Waals surface area contributed by atoms with Gasteiger partial charge in [0.2, 0.25) is 5.91 Å². The number of carbonyl (C=O) groups excluding carboxylic acids is 2. The monoisotopic (exact) mass is 413 g/mol. The van der Waals surface area contributed by atoms with E-state index >= 15 is 0 Å². The Labute approximate surface area is 174 Å². The molecule has 1 heterocycles. The Morgan fingerprint density at radius 1 is 0.964 bits per heavy atom. The number of hydrogen-bond donors (Lipinski definition) is 0. The number of para-hydroxylation sites is 1. The molecule has 0 N–H and O–H groups in total. The van der Waals surface area contributed by atoms with Crippen LogP contribution in [0.15, 0.2) is 47.7 Å². The molecule has 2 aromatic carbocycles. The molecule has 0 aromatic heterocycles. The van der Waals surface area contributed by atoms with Crippen molar-refractivity contribution in [2.75, 3.05) is 4.90 Å². The molecule has 0 saturated carbocycles. The molecule has 0 radical (unpaired) electrons. The van der Waals surface area contributed by atoms with Gasteiger partial charge in [-0.3, -0.25) is 14.5 Å². The highest BCUT2D eigenvalue weighted by molar-refractivity contribution is 6.42. The van der Waals surface area contributed by atoms with E-state index in [2.05, 4.69) is 0 Å². The van der Waals surface area contributed by atoms with Gasteiger partial charge in [0.25, 0.3) is 0 Å². The molecule has 3 nitrogen and oxygen atoms in total. The standard InChI is InChI=1S/C23H21Cl2NO2/c1-13-6-3-7-14(2)23(13)26-18-10-5-11-19(27)21(18)16(12-20(26)28)15-8-4-9-17(24)22(15)25/h3-4,6-9,16H,5,10-12H2,1-2H3. The molecule has 1 unspecified atom stereocenters. The molecule has 0 spiro atoms. The average molecular weight is 414 g/mol. The smallest absolute Gasteiger partial charge is 0.232 e. The van der Waals surface area contributed by atoms with Crippen LogP contribution in [0.5, 0.6) is 0 Å². The van der Waals surface area contributed by atoms with Gasteiger partial charge >= 0.3 is 0 Å². The zero-order valence-electron chi connectivity index (χ0n) is 15.9. The first-order valence-corrected chi connectivity index (χ1v) is 10.2. The summed E-state index contributed by atoms with van der Waals surface area (Å²) in [6, 6.07) is 11.4. The molecule has 1 aliphatic heterocycles. The minimum Gasteiger partial charge on any atom is -0.294 e. The number of anilines is 1. The highest BCUT2D eigenvalue weighted by Crippen LogP contribution is 2.46. The number of aryl methyl sites for hydroxylation is 2. The van der Waals surface area contributed by atoms with Crippen LogP contribution in [-0.2, 0) is 9.59 Å². The number of carbonyl (C=O) groups is 2. The van der Waals surface area contributed by atoms with Crippen molar-refractivity contribution >= 4 is 40.6 Å². The fourth-order valence-corrected chi connectivity index (χ4v) is 4.91. The summed E-state index contributed by atoms with van der Waals surface area (Å²) in [4.78, 5) is 28.1. The summed E-state index contributed by atoms with van der Waals surface area (Å²) in [6.07, 6.45) is 2.17. The zero-order valence-corrected chi connectivity index (χ0v) is 17.4. The van der Waals surface area contributed by atoms with Crippen molar-refractivity contribution in [2.45, 2.75) is 45.4 Å². The van der Waals surface area contributed by atoms with E-state index < -0.39 is 0 Å². The molecule has 4 rings (SSSR count). The largest absolute Gasteiger partial charge is 0.294 e. The number of ketones is 1. The third-order valence-corrected chi connectivity index (χ3v) is 6.53. The van der Waals surface area contributed by atoms with Crippen molar-refractivity contribution in [3.8, 4) is 0 Å². The molecular weight excluding hydrogens is 393 g/mol. The van der Waals surface area contributed by atoms with Gasteiger partial charge in [-0.25, -0.2) is 0 Å². The lowest BCUT2D eigenvalue weighted by atomic mass is 9.77. The molecule has 28 heavy (non-hydrogen) atoms. The van der Waals surface area contributed by atoms with Crippen LogP contribution in [0.4, 0.5) is 5.69 Å². The third-order valence-electron chi connectivity index (χ3n) is 5.70. The molecule has 0 bridgehead atoms. The quantitative estimate of drug-likeness (QED) is 0.592. The molecule has 0 fully saturated rings. The highest BCUT2D eigenvalue weighted by Gasteiger charge is 2.41. The van der Waals surface area contributed by atoms with E-state index in [1.807, 2.05) is 44.2 Å². The van der Waals surface area contributed by atoms with Crippen LogP contribution in [0, 0.1) is 13.8 Å². The van der Waals surface area contributed by atoms with E-state index in [1.54, 1.807) is 11.0 Å². The van der Waals surface area contributed by atoms with Crippen LogP contribution >= 0.6 is 23.2 Å². The second-order valence-electron chi connectivity index (χ2n) is 7.51. The Balaban J connectivity index is 1.94. The van der Waals surface area contributed by atoms with Crippen LogP contribution in [0.25, 0.3) is 0 Å². The van der Waals surface area contributed by atoms with Gasteiger partial charge in [-0.05, 0) is 49.4 Å². The third kappa shape index (κ3) is 3.07. The first kappa shape index (κ1) is 19.2. The van der Waals surface area contributed by atoms with E-state index in [0.717, 1.165) is 40.1 Å². The van der Waals surface area contributed by atoms with Gasteiger partial charge in [-0.15, -0.1) is 0 Å². The molecule has 1 amide bonds. The fraction of sp³-hybridized carbons (Fsp3) is 0.304. The molecule has 144 valence electrons. The summed E-state index contributed by atoms with van der Waals surface area (Å²) in [5.41, 5.74) is 5.25. The predicted octanol–water partition coefficient (Wildman–Crippen LogP) is 6.14. The normalized spacial score (nSPS) is 19.9. The summed E-state index contributed by atoms with van der Waals surface area (Å²) < 4.78 is 0. The Morgan fingerprint density at radius 2 is 1.64 bits per heavy atom. The SMILES string of the molecule is Cc1cccc(C)c1N1C(=O)CC(c2cccc(Cl)c2Cl)C2=C1CCCC2=O. The van der Waals surface area contributed by atoms with Crippen molar-refractivity contribution in [2.24, 2.45) is 0 Å². The van der Waals surface area contributed by atoms with Crippen molar-refractivity contribution in [1.82, 2.24) is 0 Å². The highest BCUT2D eigenvalue weighted by atomic mass is 35.5. The van der Waals surface area contributed by atoms with Crippen molar-refractivity contribution in [3.05, 3.63) is 74.4 Å². The number of hydrogen-bond acceptors (Lipinski definition) is 2. The summed E-state index contributed by atoms with van der Waals surface area (Å²) in [5, 5.41) is 0.863. The second kappa shape index (κ2) is 7.38. The van der Waals surface area contributed by atoms with Gasteiger partial charge in [0.05, 0.1) is 15.7 Å². The van der Waals surface area contributed by atoms with Gasteiger partial charge in [0.1, 0.15) is 0 Å². The van der Waals surface area contributed by atoms with Crippen LogP contribution in [-0.4, -0.2) is 11.7 Å². The lowest BCUT2D eigenvalue weighted by Crippen LogP contribution is -2.41. The lowest BCUT2D eigenvalue weighted by molar-refractivity contribution is -0.119. The zero-order chi connectivity index (χ0) is 20.0. The number of Topliss-reactive ketones (excluding diaryl/α,β-unsaturated/α-hetero) is 1. The first-order valence-electron chi connectivity index (χ1n) is 9.49. The minimum absolute atomic E-state index is 0.00751. The van der Waals surface area contributed by atoms with Gasteiger partial charge in [0, 0.05) is 30.0 Å². The molecule has 1 aliphatic carbocycles. The van der Waals surface area contributed by atoms with Crippen LogP contribution < -0.4 is 4.90 Å². The van der Waals surface area contributed by atoms with Crippen LogP contribution in [0.1, 0.15) is 48.3 Å². The molecule has 0 saturated heterocycles. The van der Waals surface area contributed by atoms with E-state index in [4.69, 9.17) is 23.2 Å². The van der Waals surface area contributed by atoms with Crippen LogP contribution in [0.2, 0.25) is 10.0 Å². The van der Waals surface area contributed by atoms with Gasteiger partial charge < -0.3 is 0 Å². The maximum atomic E-state index is 13.3. The topological polar surface area (TPSA) is 37.4 Å². The molecule has 2 aliphatic rings.